The fourth-order valence-electron chi connectivity index (χ4n) is 1.44. The van der Waals surface area contributed by atoms with Gasteiger partial charge in [-0.05, 0) is 37.6 Å². The summed E-state index contributed by atoms with van der Waals surface area (Å²) < 4.78 is 27.3. The molecule has 0 aromatic heterocycles. The standard InChI is InChI=1S/C11H16BrNO2S/c1-3-4-9(2)13-16(14,15)11-7-5-10(12)6-8-11/h5-9,13H,3-4H2,1-2H3. The third-order valence-corrected chi connectivity index (χ3v) is 4.34. The van der Waals surface area contributed by atoms with E-state index in [2.05, 4.69) is 20.7 Å². The van der Waals surface area contributed by atoms with E-state index in [0.29, 0.717) is 4.90 Å². The Morgan fingerprint density at radius 3 is 2.38 bits per heavy atom. The molecule has 16 heavy (non-hydrogen) atoms. The third-order valence-electron chi connectivity index (χ3n) is 2.20. The molecule has 0 amide bonds. The fraction of sp³-hybridized carbons (Fsp3) is 0.455. The van der Waals surface area contributed by atoms with Crippen molar-refractivity contribution >= 4 is 26.0 Å². The summed E-state index contributed by atoms with van der Waals surface area (Å²) in [6, 6.07) is 6.59. The lowest BCUT2D eigenvalue weighted by Gasteiger charge is -2.13. The second kappa shape index (κ2) is 5.80. The van der Waals surface area contributed by atoms with E-state index in [0.717, 1.165) is 17.3 Å². The van der Waals surface area contributed by atoms with Crippen LogP contribution < -0.4 is 4.72 Å². The summed E-state index contributed by atoms with van der Waals surface area (Å²) in [4.78, 5) is 0.304. The van der Waals surface area contributed by atoms with Gasteiger partial charge in [0, 0.05) is 10.5 Å². The molecule has 0 saturated carbocycles. The predicted octanol–water partition coefficient (Wildman–Crippen LogP) is 2.92. The summed E-state index contributed by atoms with van der Waals surface area (Å²) in [5, 5.41) is 0. The van der Waals surface area contributed by atoms with Gasteiger partial charge in [0.2, 0.25) is 10.0 Å². The fourth-order valence-corrected chi connectivity index (χ4v) is 2.98. The Balaban J connectivity index is 2.82. The molecule has 0 spiro atoms. The van der Waals surface area contributed by atoms with Crippen molar-refractivity contribution in [1.29, 1.82) is 0 Å². The van der Waals surface area contributed by atoms with Gasteiger partial charge in [0.05, 0.1) is 4.90 Å². The lowest BCUT2D eigenvalue weighted by atomic mass is 10.2. The molecule has 1 aromatic carbocycles. The van der Waals surface area contributed by atoms with E-state index in [1.54, 1.807) is 24.3 Å². The molecule has 0 bridgehead atoms. The molecule has 0 aliphatic rings. The smallest absolute Gasteiger partial charge is 0.208 e. The summed E-state index contributed by atoms with van der Waals surface area (Å²) in [7, 11) is -3.37. The largest absolute Gasteiger partial charge is 0.240 e. The first-order valence-corrected chi connectivity index (χ1v) is 7.51. The molecule has 0 aliphatic heterocycles. The van der Waals surface area contributed by atoms with Gasteiger partial charge in [0.15, 0.2) is 0 Å². The number of rotatable bonds is 5. The number of nitrogens with one attached hydrogen (secondary N) is 1. The van der Waals surface area contributed by atoms with E-state index in [-0.39, 0.29) is 6.04 Å². The number of benzene rings is 1. The highest BCUT2D eigenvalue weighted by Gasteiger charge is 2.16. The van der Waals surface area contributed by atoms with E-state index in [1.807, 2.05) is 13.8 Å². The minimum absolute atomic E-state index is 0.0290. The first kappa shape index (κ1) is 13.7. The Hall–Kier alpha value is -0.390. The second-order valence-corrected chi connectivity index (χ2v) is 6.39. The van der Waals surface area contributed by atoms with Crippen molar-refractivity contribution in [2.45, 2.75) is 37.6 Å². The van der Waals surface area contributed by atoms with Gasteiger partial charge in [-0.3, -0.25) is 0 Å². The molecule has 0 aliphatic carbocycles. The van der Waals surface area contributed by atoms with Crippen LogP contribution in [0.4, 0.5) is 0 Å². The molecular formula is C11H16BrNO2S. The molecule has 1 aromatic rings. The normalized spacial score (nSPS) is 13.7. The Morgan fingerprint density at radius 1 is 1.31 bits per heavy atom. The summed E-state index contributed by atoms with van der Waals surface area (Å²) in [6.07, 6.45) is 1.81. The van der Waals surface area contributed by atoms with Crippen molar-refractivity contribution in [3.05, 3.63) is 28.7 Å². The van der Waals surface area contributed by atoms with Crippen LogP contribution in [0.25, 0.3) is 0 Å². The van der Waals surface area contributed by atoms with Gasteiger partial charge in [-0.1, -0.05) is 29.3 Å². The van der Waals surface area contributed by atoms with Crippen molar-refractivity contribution in [2.75, 3.05) is 0 Å². The Bertz CT molecular complexity index is 428. The molecule has 5 heteroatoms. The van der Waals surface area contributed by atoms with E-state index in [4.69, 9.17) is 0 Å². The summed E-state index contributed by atoms with van der Waals surface area (Å²) in [5.41, 5.74) is 0. The lowest BCUT2D eigenvalue weighted by molar-refractivity contribution is 0.544. The minimum atomic E-state index is -3.37. The lowest BCUT2D eigenvalue weighted by Crippen LogP contribution is -2.32. The van der Waals surface area contributed by atoms with Gasteiger partial charge in [0.25, 0.3) is 0 Å². The van der Waals surface area contributed by atoms with Crippen LogP contribution in [-0.4, -0.2) is 14.5 Å². The second-order valence-electron chi connectivity index (χ2n) is 3.76. The van der Waals surface area contributed by atoms with Gasteiger partial charge < -0.3 is 0 Å². The highest BCUT2D eigenvalue weighted by atomic mass is 79.9. The van der Waals surface area contributed by atoms with Crippen molar-refractivity contribution in [2.24, 2.45) is 0 Å². The Morgan fingerprint density at radius 2 is 1.88 bits per heavy atom. The molecule has 0 radical (unpaired) electrons. The van der Waals surface area contributed by atoms with Crippen molar-refractivity contribution < 1.29 is 8.42 Å². The topological polar surface area (TPSA) is 46.2 Å². The Kier molecular flexibility index (Phi) is 4.95. The molecular weight excluding hydrogens is 290 g/mol. The van der Waals surface area contributed by atoms with Crippen LogP contribution in [0.2, 0.25) is 0 Å². The van der Waals surface area contributed by atoms with Gasteiger partial charge >= 0.3 is 0 Å². The van der Waals surface area contributed by atoms with E-state index < -0.39 is 10.0 Å². The van der Waals surface area contributed by atoms with Crippen molar-refractivity contribution in [1.82, 2.24) is 4.72 Å². The van der Waals surface area contributed by atoms with Crippen LogP contribution in [0.1, 0.15) is 26.7 Å². The summed E-state index contributed by atoms with van der Waals surface area (Å²) in [6.45, 7) is 3.91. The molecule has 0 saturated heterocycles. The van der Waals surface area contributed by atoms with Crippen LogP contribution in [0.15, 0.2) is 33.6 Å². The maximum atomic E-state index is 11.9. The molecule has 0 fully saturated rings. The molecule has 3 nitrogen and oxygen atoms in total. The van der Waals surface area contributed by atoms with Crippen molar-refractivity contribution in [3.8, 4) is 0 Å². The zero-order valence-electron chi connectivity index (χ0n) is 9.40. The quantitative estimate of drug-likeness (QED) is 0.909. The molecule has 1 rings (SSSR count). The van der Waals surface area contributed by atoms with Gasteiger partial charge in [-0.2, -0.15) is 0 Å². The molecule has 0 heterocycles. The Labute approximate surface area is 105 Å². The maximum absolute atomic E-state index is 11.9. The SMILES string of the molecule is CCCC(C)NS(=O)(=O)c1ccc(Br)cc1. The predicted molar refractivity (Wildman–Crippen MR) is 68.8 cm³/mol. The summed E-state index contributed by atoms with van der Waals surface area (Å²) >= 11 is 3.27. The van der Waals surface area contributed by atoms with Crippen LogP contribution in [-0.2, 0) is 10.0 Å². The average Bonchev–Trinajstić information content (AvgIpc) is 2.17. The molecule has 1 atom stereocenters. The van der Waals surface area contributed by atoms with Crippen LogP contribution in [0, 0.1) is 0 Å². The van der Waals surface area contributed by atoms with Crippen LogP contribution in [0.5, 0.6) is 0 Å². The van der Waals surface area contributed by atoms with Crippen molar-refractivity contribution in [3.63, 3.8) is 0 Å². The zero-order valence-corrected chi connectivity index (χ0v) is 11.8. The highest BCUT2D eigenvalue weighted by Crippen LogP contribution is 2.15. The first-order chi connectivity index (χ1) is 7.45. The van der Waals surface area contributed by atoms with E-state index in [9.17, 15) is 8.42 Å². The van der Waals surface area contributed by atoms with E-state index >= 15 is 0 Å². The van der Waals surface area contributed by atoms with Gasteiger partial charge in [-0.25, -0.2) is 13.1 Å². The van der Waals surface area contributed by atoms with Gasteiger partial charge in [-0.15, -0.1) is 0 Å². The number of hydrogen-bond acceptors (Lipinski definition) is 2. The maximum Gasteiger partial charge on any atom is 0.240 e. The minimum Gasteiger partial charge on any atom is -0.208 e. The highest BCUT2D eigenvalue weighted by molar-refractivity contribution is 9.10. The summed E-state index contributed by atoms with van der Waals surface area (Å²) in [5.74, 6) is 0. The average molecular weight is 306 g/mol. The zero-order chi connectivity index (χ0) is 12.2. The molecule has 1 unspecified atom stereocenters. The number of sulfonamides is 1. The van der Waals surface area contributed by atoms with Gasteiger partial charge in [0.1, 0.15) is 0 Å². The van der Waals surface area contributed by atoms with E-state index in [1.165, 1.54) is 0 Å². The molecule has 1 N–H and O–H groups in total. The van der Waals surface area contributed by atoms with Crippen LogP contribution in [0.3, 0.4) is 0 Å². The van der Waals surface area contributed by atoms with Crippen LogP contribution >= 0.6 is 15.9 Å². The monoisotopic (exact) mass is 305 g/mol. The third kappa shape index (κ3) is 3.88. The number of hydrogen-bond donors (Lipinski definition) is 1. The number of halogens is 1. The molecule has 90 valence electrons. The first-order valence-electron chi connectivity index (χ1n) is 5.23.